The molecule has 1 aromatic carbocycles. The predicted molar refractivity (Wildman–Crippen MR) is 83.6 cm³/mol. The Morgan fingerprint density at radius 1 is 1.24 bits per heavy atom. The van der Waals surface area contributed by atoms with Gasteiger partial charge >= 0.3 is 11.8 Å². The van der Waals surface area contributed by atoms with Gasteiger partial charge in [0.25, 0.3) is 0 Å². The molecule has 0 heterocycles. The van der Waals surface area contributed by atoms with Crippen molar-refractivity contribution in [2.24, 2.45) is 5.41 Å². The molecule has 116 valence electrons. The van der Waals surface area contributed by atoms with Crippen LogP contribution in [0.3, 0.4) is 0 Å². The van der Waals surface area contributed by atoms with Crippen molar-refractivity contribution < 1.29 is 14.7 Å². The Hall–Kier alpha value is -1.30. The first-order chi connectivity index (χ1) is 9.76. The molecular formula is C14H18Cl2N2O3. The molecule has 0 unspecified atom stereocenters. The zero-order valence-corrected chi connectivity index (χ0v) is 13.4. The standard InChI is InChI=1S/C14H18Cl2N2O3/c1-14(2,6-7-19)8-17-12(20)13(21)18-10-5-3-4-9(15)11(10)16/h3-5,19H,6-8H2,1-2H3,(H,17,20)(H,18,21). The summed E-state index contributed by atoms with van der Waals surface area (Å²) in [4.78, 5) is 23.5. The Morgan fingerprint density at radius 3 is 2.52 bits per heavy atom. The van der Waals surface area contributed by atoms with Crippen molar-refractivity contribution in [3.63, 3.8) is 0 Å². The first-order valence-corrected chi connectivity index (χ1v) is 7.16. The van der Waals surface area contributed by atoms with E-state index in [9.17, 15) is 9.59 Å². The maximum absolute atomic E-state index is 11.8. The third-order valence-corrected chi connectivity index (χ3v) is 3.74. The van der Waals surface area contributed by atoms with Crippen LogP contribution in [0.2, 0.25) is 10.0 Å². The van der Waals surface area contributed by atoms with E-state index >= 15 is 0 Å². The summed E-state index contributed by atoms with van der Waals surface area (Å²) in [6, 6.07) is 4.75. The van der Waals surface area contributed by atoms with Gasteiger partial charge in [0.1, 0.15) is 0 Å². The van der Waals surface area contributed by atoms with Gasteiger partial charge in [-0.2, -0.15) is 0 Å². The van der Waals surface area contributed by atoms with Crippen LogP contribution in [-0.2, 0) is 9.59 Å². The molecule has 0 aliphatic rings. The number of hydrogen-bond acceptors (Lipinski definition) is 3. The lowest BCUT2D eigenvalue weighted by Crippen LogP contribution is -2.40. The highest BCUT2D eigenvalue weighted by atomic mass is 35.5. The summed E-state index contributed by atoms with van der Waals surface area (Å²) in [5.74, 6) is -1.59. The minimum Gasteiger partial charge on any atom is -0.396 e. The van der Waals surface area contributed by atoms with Crippen LogP contribution in [0.4, 0.5) is 5.69 Å². The number of carbonyl (C=O) groups excluding carboxylic acids is 2. The number of benzene rings is 1. The van der Waals surface area contributed by atoms with E-state index in [1.807, 2.05) is 13.8 Å². The minimum absolute atomic E-state index is 0.0210. The normalized spacial score (nSPS) is 11.1. The van der Waals surface area contributed by atoms with Crippen molar-refractivity contribution in [1.29, 1.82) is 0 Å². The van der Waals surface area contributed by atoms with Gasteiger partial charge in [-0.3, -0.25) is 9.59 Å². The molecule has 0 aliphatic carbocycles. The van der Waals surface area contributed by atoms with Crippen LogP contribution in [0.5, 0.6) is 0 Å². The summed E-state index contributed by atoms with van der Waals surface area (Å²) < 4.78 is 0. The summed E-state index contributed by atoms with van der Waals surface area (Å²) >= 11 is 11.8. The Kier molecular flexibility index (Phi) is 6.45. The van der Waals surface area contributed by atoms with E-state index in [2.05, 4.69) is 10.6 Å². The Balaban J connectivity index is 2.60. The average Bonchev–Trinajstić information content (AvgIpc) is 2.41. The van der Waals surface area contributed by atoms with Crippen molar-refractivity contribution >= 4 is 40.7 Å². The summed E-state index contributed by atoms with van der Waals surface area (Å²) in [7, 11) is 0. The van der Waals surface area contributed by atoms with E-state index in [1.54, 1.807) is 18.2 Å². The van der Waals surface area contributed by atoms with E-state index in [0.717, 1.165) is 0 Å². The first-order valence-electron chi connectivity index (χ1n) is 6.41. The molecule has 0 saturated heterocycles. The Morgan fingerprint density at radius 2 is 1.90 bits per heavy atom. The number of aliphatic hydroxyl groups excluding tert-OH is 1. The van der Waals surface area contributed by atoms with Gasteiger partial charge in [0, 0.05) is 13.2 Å². The zero-order chi connectivity index (χ0) is 16.0. The monoisotopic (exact) mass is 332 g/mol. The maximum Gasteiger partial charge on any atom is 0.313 e. The third-order valence-electron chi connectivity index (χ3n) is 2.92. The molecule has 0 spiro atoms. The van der Waals surface area contributed by atoms with Crippen LogP contribution < -0.4 is 10.6 Å². The lowest BCUT2D eigenvalue weighted by molar-refractivity contribution is -0.136. The second-order valence-electron chi connectivity index (χ2n) is 5.38. The highest BCUT2D eigenvalue weighted by molar-refractivity contribution is 6.45. The second-order valence-corrected chi connectivity index (χ2v) is 6.16. The van der Waals surface area contributed by atoms with Gasteiger partial charge < -0.3 is 15.7 Å². The highest BCUT2D eigenvalue weighted by Crippen LogP contribution is 2.29. The molecule has 0 atom stereocenters. The topological polar surface area (TPSA) is 78.4 Å². The Labute approximate surface area is 133 Å². The smallest absolute Gasteiger partial charge is 0.313 e. The summed E-state index contributed by atoms with van der Waals surface area (Å²) in [5, 5.41) is 14.3. The van der Waals surface area contributed by atoms with Gasteiger partial charge in [-0.15, -0.1) is 0 Å². The fourth-order valence-electron chi connectivity index (χ4n) is 1.57. The van der Waals surface area contributed by atoms with Crippen molar-refractivity contribution in [1.82, 2.24) is 5.32 Å². The van der Waals surface area contributed by atoms with E-state index in [0.29, 0.717) is 11.4 Å². The van der Waals surface area contributed by atoms with Crippen molar-refractivity contribution in [2.75, 3.05) is 18.5 Å². The largest absolute Gasteiger partial charge is 0.396 e. The van der Waals surface area contributed by atoms with Gasteiger partial charge in [-0.05, 0) is 24.0 Å². The summed E-state index contributed by atoms with van der Waals surface area (Å²) in [5.41, 5.74) is -0.0165. The lowest BCUT2D eigenvalue weighted by Gasteiger charge is -2.23. The molecule has 2 amide bonds. The van der Waals surface area contributed by atoms with Crippen LogP contribution in [0.1, 0.15) is 20.3 Å². The van der Waals surface area contributed by atoms with E-state index in [4.69, 9.17) is 28.3 Å². The molecule has 0 aromatic heterocycles. The molecule has 0 bridgehead atoms. The first kappa shape index (κ1) is 17.8. The van der Waals surface area contributed by atoms with Gasteiger partial charge in [0.15, 0.2) is 0 Å². The lowest BCUT2D eigenvalue weighted by atomic mass is 9.90. The van der Waals surface area contributed by atoms with Gasteiger partial charge in [-0.1, -0.05) is 43.1 Å². The van der Waals surface area contributed by atoms with Crippen LogP contribution in [0.15, 0.2) is 18.2 Å². The van der Waals surface area contributed by atoms with Crippen LogP contribution in [0.25, 0.3) is 0 Å². The van der Waals surface area contributed by atoms with Gasteiger partial charge in [0.05, 0.1) is 15.7 Å². The fraction of sp³-hybridized carbons (Fsp3) is 0.429. The molecule has 0 aliphatic heterocycles. The maximum atomic E-state index is 11.8. The Bertz CT molecular complexity index is 533. The van der Waals surface area contributed by atoms with E-state index < -0.39 is 11.8 Å². The number of hydrogen-bond donors (Lipinski definition) is 3. The zero-order valence-electron chi connectivity index (χ0n) is 11.9. The molecule has 5 nitrogen and oxygen atoms in total. The third kappa shape index (κ3) is 5.53. The predicted octanol–water partition coefficient (Wildman–Crippen LogP) is 2.46. The fourth-order valence-corrected chi connectivity index (χ4v) is 1.92. The molecule has 21 heavy (non-hydrogen) atoms. The number of aliphatic hydroxyl groups is 1. The van der Waals surface area contributed by atoms with Gasteiger partial charge in [0.2, 0.25) is 0 Å². The molecule has 7 heteroatoms. The molecule has 1 rings (SSSR count). The molecule has 0 saturated carbocycles. The van der Waals surface area contributed by atoms with Crippen LogP contribution in [0, 0.1) is 5.41 Å². The number of amides is 2. The number of carbonyl (C=O) groups is 2. The molecule has 3 N–H and O–H groups in total. The summed E-state index contributed by atoms with van der Waals surface area (Å²) in [6.07, 6.45) is 0.523. The molecular weight excluding hydrogens is 315 g/mol. The van der Waals surface area contributed by atoms with Crippen LogP contribution >= 0.6 is 23.2 Å². The second kappa shape index (κ2) is 7.64. The van der Waals surface area contributed by atoms with Gasteiger partial charge in [-0.25, -0.2) is 0 Å². The van der Waals surface area contributed by atoms with E-state index in [-0.39, 0.29) is 29.3 Å². The van der Waals surface area contributed by atoms with E-state index in [1.165, 1.54) is 0 Å². The van der Waals surface area contributed by atoms with Crippen LogP contribution in [-0.4, -0.2) is 30.1 Å². The number of anilines is 1. The highest BCUT2D eigenvalue weighted by Gasteiger charge is 2.21. The minimum atomic E-state index is -0.820. The SMILES string of the molecule is CC(C)(CCO)CNC(=O)C(=O)Nc1cccc(Cl)c1Cl. The number of halogens is 2. The van der Waals surface area contributed by atoms with Crippen molar-refractivity contribution in [3.8, 4) is 0 Å². The number of rotatable bonds is 5. The average molecular weight is 333 g/mol. The summed E-state index contributed by atoms with van der Waals surface area (Å²) in [6.45, 7) is 4.07. The van der Waals surface area contributed by atoms with Crippen molar-refractivity contribution in [3.05, 3.63) is 28.2 Å². The molecule has 0 radical (unpaired) electrons. The molecule has 1 aromatic rings. The molecule has 0 fully saturated rings. The van der Waals surface area contributed by atoms with Crippen molar-refractivity contribution in [2.45, 2.75) is 20.3 Å². The number of nitrogens with one attached hydrogen (secondary N) is 2. The quantitative estimate of drug-likeness (QED) is 0.724.